The number of hydrogen-bond donors (Lipinski definition) is 1. The number of ether oxygens (including phenoxy) is 2. The van der Waals surface area contributed by atoms with Gasteiger partial charge in [0, 0.05) is 6.42 Å². The van der Waals surface area contributed by atoms with E-state index >= 15 is 0 Å². The van der Waals surface area contributed by atoms with Crippen LogP contribution in [-0.2, 0) is 6.42 Å². The van der Waals surface area contributed by atoms with Crippen LogP contribution in [0.4, 0.5) is 0 Å². The smallest absolute Gasteiger partial charge is 0.175 e. The van der Waals surface area contributed by atoms with E-state index in [9.17, 15) is 0 Å². The van der Waals surface area contributed by atoms with Crippen LogP contribution in [-0.4, -0.2) is 19.8 Å². The minimum Gasteiger partial charge on any atom is -0.490 e. The van der Waals surface area contributed by atoms with Crippen molar-refractivity contribution in [3.05, 3.63) is 22.2 Å². The van der Waals surface area contributed by atoms with Gasteiger partial charge in [0.05, 0.1) is 17.7 Å². The Morgan fingerprint density at radius 2 is 2.07 bits per heavy atom. The van der Waals surface area contributed by atoms with Crippen molar-refractivity contribution in [1.82, 2.24) is 0 Å². The summed E-state index contributed by atoms with van der Waals surface area (Å²) in [5.41, 5.74) is 6.71. The Kier molecular flexibility index (Phi) is 3.49. The first-order chi connectivity index (χ1) is 7.33. The van der Waals surface area contributed by atoms with Crippen molar-refractivity contribution in [2.75, 3.05) is 19.8 Å². The molecule has 0 bridgehead atoms. The summed E-state index contributed by atoms with van der Waals surface area (Å²) in [4.78, 5) is 0. The summed E-state index contributed by atoms with van der Waals surface area (Å²) < 4.78 is 12.2. The van der Waals surface area contributed by atoms with Crippen LogP contribution in [0.15, 0.2) is 16.6 Å². The molecule has 0 unspecified atom stereocenters. The number of benzene rings is 1. The number of nitrogens with two attached hydrogens (primary N) is 1. The van der Waals surface area contributed by atoms with Gasteiger partial charge >= 0.3 is 0 Å². The van der Waals surface area contributed by atoms with Crippen LogP contribution >= 0.6 is 15.9 Å². The van der Waals surface area contributed by atoms with Gasteiger partial charge in [-0.05, 0) is 40.5 Å². The van der Waals surface area contributed by atoms with Gasteiger partial charge in [0.2, 0.25) is 0 Å². The summed E-state index contributed by atoms with van der Waals surface area (Å²) in [6.45, 7) is 2.06. The minimum absolute atomic E-state index is 0.637. The van der Waals surface area contributed by atoms with Crippen molar-refractivity contribution in [2.24, 2.45) is 5.73 Å². The van der Waals surface area contributed by atoms with E-state index in [0.717, 1.165) is 35.4 Å². The molecule has 4 heteroatoms. The normalized spacial score (nSPS) is 14.8. The van der Waals surface area contributed by atoms with E-state index in [1.165, 1.54) is 5.56 Å². The zero-order valence-corrected chi connectivity index (χ0v) is 10.0. The molecule has 0 fully saturated rings. The van der Waals surface area contributed by atoms with Crippen LogP contribution in [0.1, 0.15) is 12.0 Å². The highest BCUT2D eigenvalue weighted by Gasteiger charge is 2.15. The zero-order chi connectivity index (χ0) is 10.7. The SMILES string of the molecule is NCCc1ccc2c(c1Br)OCCCO2. The highest BCUT2D eigenvalue weighted by Crippen LogP contribution is 2.39. The second-order valence-corrected chi connectivity index (χ2v) is 4.25. The van der Waals surface area contributed by atoms with Gasteiger partial charge in [0.1, 0.15) is 0 Å². The van der Waals surface area contributed by atoms with Crippen molar-refractivity contribution in [2.45, 2.75) is 12.8 Å². The highest BCUT2D eigenvalue weighted by atomic mass is 79.9. The van der Waals surface area contributed by atoms with E-state index in [4.69, 9.17) is 15.2 Å². The molecule has 0 spiro atoms. The van der Waals surface area contributed by atoms with Crippen LogP contribution in [0.3, 0.4) is 0 Å². The van der Waals surface area contributed by atoms with Gasteiger partial charge in [-0.2, -0.15) is 0 Å². The molecule has 3 nitrogen and oxygen atoms in total. The molecule has 1 aromatic rings. The molecule has 82 valence electrons. The van der Waals surface area contributed by atoms with Crippen molar-refractivity contribution in [3.8, 4) is 11.5 Å². The molecule has 1 aromatic carbocycles. The maximum absolute atomic E-state index is 5.65. The Morgan fingerprint density at radius 3 is 2.87 bits per heavy atom. The Balaban J connectivity index is 2.36. The van der Waals surface area contributed by atoms with Crippen molar-refractivity contribution in [3.63, 3.8) is 0 Å². The van der Waals surface area contributed by atoms with Crippen molar-refractivity contribution >= 4 is 15.9 Å². The molecule has 1 aliphatic heterocycles. The number of hydrogen-bond acceptors (Lipinski definition) is 3. The average molecular weight is 272 g/mol. The Bertz CT molecular complexity index is 355. The van der Waals surface area contributed by atoms with Gasteiger partial charge in [-0.3, -0.25) is 0 Å². The van der Waals surface area contributed by atoms with Crippen molar-refractivity contribution < 1.29 is 9.47 Å². The lowest BCUT2D eigenvalue weighted by atomic mass is 10.1. The van der Waals surface area contributed by atoms with E-state index in [1.54, 1.807) is 0 Å². The summed E-state index contributed by atoms with van der Waals surface area (Å²) in [6.07, 6.45) is 1.77. The van der Waals surface area contributed by atoms with Gasteiger partial charge < -0.3 is 15.2 Å². The number of fused-ring (bicyclic) bond motifs is 1. The molecule has 1 heterocycles. The molecule has 0 atom stereocenters. The van der Waals surface area contributed by atoms with Crippen LogP contribution in [0, 0.1) is 0 Å². The maximum atomic E-state index is 5.65. The lowest BCUT2D eigenvalue weighted by Gasteiger charge is -2.12. The first-order valence-corrected chi connectivity index (χ1v) is 5.89. The number of halogens is 1. The molecular formula is C11H14BrNO2. The summed E-state index contributed by atoms with van der Waals surface area (Å²) in [7, 11) is 0. The first kappa shape index (κ1) is 10.8. The summed E-state index contributed by atoms with van der Waals surface area (Å²) in [5, 5.41) is 0. The topological polar surface area (TPSA) is 44.5 Å². The summed E-state index contributed by atoms with van der Waals surface area (Å²) >= 11 is 3.54. The van der Waals surface area contributed by atoms with E-state index < -0.39 is 0 Å². The highest BCUT2D eigenvalue weighted by molar-refractivity contribution is 9.10. The molecule has 0 amide bonds. The molecule has 2 N–H and O–H groups in total. The second kappa shape index (κ2) is 4.86. The molecule has 0 saturated carbocycles. The zero-order valence-electron chi connectivity index (χ0n) is 8.46. The summed E-state index contributed by atoms with van der Waals surface area (Å²) in [5.74, 6) is 1.64. The fourth-order valence-electron chi connectivity index (χ4n) is 1.59. The Hall–Kier alpha value is -0.740. The van der Waals surface area contributed by atoms with E-state index in [-0.39, 0.29) is 0 Å². The predicted molar refractivity (Wildman–Crippen MR) is 62.5 cm³/mol. The third kappa shape index (κ3) is 2.26. The molecule has 2 rings (SSSR count). The maximum Gasteiger partial charge on any atom is 0.175 e. The van der Waals surface area contributed by atoms with Crippen LogP contribution in [0.2, 0.25) is 0 Å². The average Bonchev–Trinajstić information content (AvgIpc) is 2.48. The third-order valence-electron chi connectivity index (χ3n) is 2.35. The molecule has 0 saturated heterocycles. The van der Waals surface area contributed by atoms with E-state index in [2.05, 4.69) is 15.9 Å². The largest absolute Gasteiger partial charge is 0.490 e. The van der Waals surface area contributed by atoms with Gasteiger partial charge in [-0.15, -0.1) is 0 Å². The lowest BCUT2D eigenvalue weighted by Crippen LogP contribution is -2.04. The Morgan fingerprint density at radius 1 is 1.27 bits per heavy atom. The Labute approximate surface area is 97.7 Å². The molecular weight excluding hydrogens is 258 g/mol. The monoisotopic (exact) mass is 271 g/mol. The molecule has 0 aromatic heterocycles. The third-order valence-corrected chi connectivity index (χ3v) is 3.22. The molecule has 1 aliphatic rings. The fraction of sp³-hybridized carbons (Fsp3) is 0.455. The van der Waals surface area contributed by atoms with Crippen LogP contribution < -0.4 is 15.2 Å². The predicted octanol–water partition coefficient (Wildman–Crippen LogP) is 2.11. The van der Waals surface area contributed by atoms with Gasteiger partial charge in [0.15, 0.2) is 11.5 Å². The minimum atomic E-state index is 0.637. The van der Waals surface area contributed by atoms with Gasteiger partial charge in [-0.25, -0.2) is 0 Å². The molecule has 0 aliphatic carbocycles. The van der Waals surface area contributed by atoms with E-state index in [1.807, 2.05) is 12.1 Å². The van der Waals surface area contributed by atoms with E-state index in [0.29, 0.717) is 13.2 Å². The molecule has 0 radical (unpaired) electrons. The molecule has 15 heavy (non-hydrogen) atoms. The van der Waals surface area contributed by atoms with Crippen molar-refractivity contribution in [1.29, 1.82) is 0 Å². The van der Waals surface area contributed by atoms with Gasteiger partial charge in [-0.1, -0.05) is 6.07 Å². The van der Waals surface area contributed by atoms with Crippen LogP contribution in [0.5, 0.6) is 11.5 Å². The van der Waals surface area contributed by atoms with Gasteiger partial charge in [0.25, 0.3) is 0 Å². The van der Waals surface area contributed by atoms with Crippen LogP contribution in [0.25, 0.3) is 0 Å². The number of rotatable bonds is 2. The quantitative estimate of drug-likeness (QED) is 0.896. The first-order valence-electron chi connectivity index (χ1n) is 5.10. The lowest BCUT2D eigenvalue weighted by molar-refractivity contribution is 0.296. The summed E-state index contributed by atoms with van der Waals surface area (Å²) in [6, 6.07) is 3.99. The fourth-order valence-corrected chi connectivity index (χ4v) is 2.23. The standard InChI is InChI=1S/C11H14BrNO2/c12-10-8(4-5-13)2-3-9-11(10)15-7-1-6-14-9/h2-3H,1,4-7,13H2. The second-order valence-electron chi connectivity index (χ2n) is 3.46.